The van der Waals surface area contributed by atoms with Crippen molar-refractivity contribution >= 4 is 53.0 Å². The molecule has 0 aliphatic rings. The second-order valence-corrected chi connectivity index (χ2v) is 7.76. The molecule has 0 atom stereocenters. The van der Waals surface area contributed by atoms with Crippen molar-refractivity contribution in [3.63, 3.8) is 0 Å². The zero-order valence-electron chi connectivity index (χ0n) is 19.2. The van der Waals surface area contributed by atoms with E-state index in [-0.39, 0.29) is 35.9 Å². The number of rotatable bonds is 7. The smallest absolute Gasteiger partial charge is 0.371 e. The Morgan fingerprint density at radius 2 is 1.89 bits per heavy atom. The van der Waals surface area contributed by atoms with Crippen molar-refractivity contribution in [3.8, 4) is 0 Å². The van der Waals surface area contributed by atoms with Crippen LogP contribution in [0, 0.1) is 12.7 Å². The highest BCUT2D eigenvalue weighted by molar-refractivity contribution is 6.16. The average Bonchev–Trinajstić information content (AvgIpc) is 3.14. The van der Waals surface area contributed by atoms with Crippen molar-refractivity contribution < 1.29 is 31.7 Å². The Labute approximate surface area is 204 Å². The lowest BCUT2D eigenvalue weighted by Gasteiger charge is -2.27. The molecule has 0 spiro atoms. The van der Waals surface area contributed by atoms with E-state index in [1.807, 2.05) is 19.0 Å². The number of pyridine rings is 1. The monoisotopic (exact) mass is 518 g/mol. The summed E-state index contributed by atoms with van der Waals surface area (Å²) in [6, 6.07) is 0.929. The van der Waals surface area contributed by atoms with Gasteiger partial charge in [0.15, 0.2) is 0 Å². The van der Waals surface area contributed by atoms with Gasteiger partial charge in [-0.1, -0.05) is 5.16 Å². The highest BCUT2D eigenvalue weighted by Crippen LogP contribution is 2.37. The third-order valence-corrected chi connectivity index (χ3v) is 5.00. The van der Waals surface area contributed by atoms with Gasteiger partial charge >= 0.3 is 12.2 Å². The summed E-state index contributed by atoms with van der Waals surface area (Å²) in [6.45, 7) is 2.79. The van der Waals surface area contributed by atoms with Crippen molar-refractivity contribution in [2.75, 3.05) is 49.3 Å². The van der Waals surface area contributed by atoms with Gasteiger partial charge in [-0.05, 0) is 39.2 Å². The molecule has 35 heavy (non-hydrogen) atoms. The summed E-state index contributed by atoms with van der Waals surface area (Å²) >= 11 is 0. The lowest BCUT2D eigenvalue weighted by molar-refractivity contribution is -0.139. The molecule has 0 aliphatic carbocycles. The Kier molecular flexibility index (Phi) is 8.63. The third-order valence-electron chi connectivity index (χ3n) is 5.00. The summed E-state index contributed by atoms with van der Waals surface area (Å²) in [6.07, 6.45) is -3.52. The van der Waals surface area contributed by atoms with Crippen molar-refractivity contribution in [2.45, 2.75) is 13.1 Å². The number of imide groups is 1. The Bertz CT molecular complexity index is 1220. The number of nitrogens with zero attached hydrogens (tertiary/aromatic N) is 5. The summed E-state index contributed by atoms with van der Waals surface area (Å²) in [5.41, 5.74) is -0.754. The molecule has 3 rings (SSSR count). The van der Waals surface area contributed by atoms with Crippen LogP contribution in [0.4, 0.5) is 39.4 Å². The molecule has 2 heterocycles. The number of carbonyl (C=O) groups is 2. The number of fused-ring (bicyclic) bond motifs is 1. The van der Waals surface area contributed by atoms with E-state index < -0.39 is 23.6 Å². The highest BCUT2D eigenvalue weighted by atomic mass is 35.5. The number of anilines is 3. The Hall–Kier alpha value is -3.45. The second-order valence-electron chi connectivity index (χ2n) is 7.76. The van der Waals surface area contributed by atoms with Crippen LogP contribution in [-0.2, 0) is 11.0 Å². The van der Waals surface area contributed by atoms with Crippen LogP contribution in [-0.4, -0.2) is 61.7 Å². The number of hydrogen-bond acceptors (Lipinski definition) is 7. The minimum absolute atomic E-state index is 0. The van der Waals surface area contributed by atoms with Crippen molar-refractivity contribution in [3.05, 3.63) is 41.5 Å². The first-order chi connectivity index (χ1) is 15.9. The molecule has 9 nitrogen and oxygen atoms in total. The predicted molar refractivity (Wildman–Crippen MR) is 125 cm³/mol. The van der Waals surface area contributed by atoms with Gasteiger partial charge < -0.3 is 19.6 Å². The Balaban J connectivity index is 0.00000432. The molecule has 1 aromatic carbocycles. The molecule has 3 amide bonds. The second kappa shape index (κ2) is 10.9. The first kappa shape index (κ1) is 27.8. The molecule has 190 valence electrons. The van der Waals surface area contributed by atoms with Gasteiger partial charge in [-0.15, -0.1) is 12.4 Å². The zero-order valence-corrected chi connectivity index (χ0v) is 20.0. The van der Waals surface area contributed by atoms with Gasteiger partial charge in [0.1, 0.15) is 5.82 Å². The fourth-order valence-electron chi connectivity index (χ4n) is 3.27. The van der Waals surface area contributed by atoms with E-state index in [2.05, 4.69) is 15.5 Å². The molecule has 0 radical (unpaired) electrons. The summed E-state index contributed by atoms with van der Waals surface area (Å²) in [4.78, 5) is 33.4. The van der Waals surface area contributed by atoms with Crippen molar-refractivity contribution in [1.82, 2.24) is 15.0 Å². The fraction of sp³-hybridized carbons (Fsp3) is 0.333. The van der Waals surface area contributed by atoms with Gasteiger partial charge in [0.2, 0.25) is 6.41 Å². The maximum absolute atomic E-state index is 13.6. The lowest BCUT2D eigenvalue weighted by Crippen LogP contribution is -2.36. The van der Waals surface area contributed by atoms with E-state index in [0.29, 0.717) is 46.9 Å². The molecule has 0 unspecified atom stereocenters. The highest BCUT2D eigenvalue weighted by Gasteiger charge is 2.34. The summed E-state index contributed by atoms with van der Waals surface area (Å²) in [5.74, 6) is -1.49. The molecule has 14 heteroatoms. The third kappa shape index (κ3) is 5.98. The van der Waals surface area contributed by atoms with Crippen LogP contribution in [0.25, 0.3) is 11.1 Å². The molecular weight excluding hydrogens is 496 g/mol. The number of carbonyl (C=O) groups excluding carboxylic acids is 2. The van der Waals surface area contributed by atoms with Gasteiger partial charge in [-0.3, -0.25) is 4.79 Å². The number of nitrogens with one attached hydrogen (secondary N) is 1. The number of likely N-dealkylation sites (N-methyl/N-ethyl adjacent to an activating group) is 2. The molecule has 0 saturated carbocycles. The first-order valence-corrected chi connectivity index (χ1v) is 9.97. The van der Waals surface area contributed by atoms with Crippen LogP contribution in [0.3, 0.4) is 0 Å². The van der Waals surface area contributed by atoms with E-state index in [1.54, 1.807) is 18.9 Å². The molecule has 0 aliphatic heterocycles. The minimum Gasteiger partial charge on any atom is -0.371 e. The number of halogens is 5. The van der Waals surface area contributed by atoms with E-state index >= 15 is 0 Å². The van der Waals surface area contributed by atoms with Crippen LogP contribution in [0.1, 0.15) is 11.3 Å². The van der Waals surface area contributed by atoms with E-state index in [9.17, 15) is 27.2 Å². The van der Waals surface area contributed by atoms with Gasteiger partial charge in [-0.2, -0.15) is 13.2 Å². The quantitative estimate of drug-likeness (QED) is 0.368. The maximum Gasteiger partial charge on any atom is 0.419 e. The predicted octanol–water partition coefficient (Wildman–Crippen LogP) is 4.30. The van der Waals surface area contributed by atoms with Gasteiger partial charge in [0, 0.05) is 25.8 Å². The van der Waals surface area contributed by atoms with Crippen LogP contribution in [0.2, 0.25) is 0 Å². The molecule has 0 bridgehead atoms. The normalized spacial score (nSPS) is 11.3. The van der Waals surface area contributed by atoms with E-state index in [0.717, 1.165) is 6.07 Å². The number of aromatic nitrogens is 2. The van der Waals surface area contributed by atoms with Gasteiger partial charge in [0.05, 0.1) is 34.2 Å². The largest absolute Gasteiger partial charge is 0.419 e. The fourth-order valence-corrected chi connectivity index (χ4v) is 3.27. The molecule has 3 aromatic rings. The van der Waals surface area contributed by atoms with Crippen LogP contribution in [0.15, 0.2) is 28.9 Å². The number of benzene rings is 1. The molecule has 0 fully saturated rings. The topological polar surface area (TPSA) is 94.8 Å². The number of aryl methyl sites for hydroxylation is 1. The maximum atomic E-state index is 13.6. The molecular formula is C21H23ClF4N6O3. The van der Waals surface area contributed by atoms with Gasteiger partial charge in [-0.25, -0.2) is 19.1 Å². The number of amides is 3. The summed E-state index contributed by atoms with van der Waals surface area (Å²) < 4.78 is 57.9. The SMILES string of the molecule is Cc1noc2ncc(N(C=O)C(=O)Nc3ccc(F)c(C(F)(F)F)c3)c(N(C)CCN(C)C)c12.Cl. The molecule has 1 N–H and O–H groups in total. The Morgan fingerprint density at radius 1 is 1.20 bits per heavy atom. The average molecular weight is 519 g/mol. The first-order valence-electron chi connectivity index (χ1n) is 9.97. The summed E-state index contributed by atoms with van der Waals surface area (Å²) in [5, 5.41) is 6.56. The van der Waals surface area contributed by atoms with Crippen LogP contribution in [0.5, 0.6) is 0 Å². The van der Waals surface area contributed by atoms with E-state index in [4.69, 9.17) is 4.52 Å². The van der Waals surface area contributed by atoms with E-state index in [1.165, 1.54) is 6.20 Å². The zero-order chi connectivity index (χ0) is 25.2. The number of alkyl halides is 3. The lowest BCUT2D eigenvalue weighted by atomic mass is 10.1. The number of hydrogen-bond donors (Lipinski definition) is 1. The summed E-state index contributed by atoms with van der Waals surface area (Å²) in [7, 11) is 5.50. The van der Waals surface area contributed by atoms with Crippen molar-refractivity contribution in [1.29, 1.82) is 0 Å². The molecule has 0 saturated heterocycles. The molecule has 2 aromatic heterocycles. The number of urea groups is 1. The minimum atomic E-state index is -4.96. The standard InChI is InChI=1S/C21H22F4N6O3.ClH/c1-12-17-18(30(4)8-7-29(2)3)16(10-26-19(17)34-28-12)31(11-32)20(33)27-13-5-6-15(22)14(9-13)21(23,24)25;/h5-6,9-11H,7-8H2,1-4H3,(H,27,33);1H. The van der Waals surface area contributed by atoms with Gasteiger partial charge in [0.25, 0.3) is 5.71 Å². The Morgan fingerprint density at radius 3 is 2.49 bits per heavy atom. The van der Waals surface area contributed by atoms with Crippen LogP contribution >= 0.6 is 12.4 Å². The van der Waals surface area contributed by atoms with Crippen LogP contribution < -0.4 is 15.1 Å². The van der Waals surface area contributed by atoms with Crippen molar-refractivity contribution in [2.24, 2.45) is 0 Å².